The van der Waals surface area contributed by atoms with Gasteiger partial charge in [0.15, 0.2) is 23.0 Å². The van der Waals surface area contributed by atoms with Crippen LogP contribution in [-0.4, -0.2) is 52.3 Å². The van der Waals surface area contributed by atoms with Gasteiger partial charge in [-0.15, -0.1) is 0 Å². The Morgan fingerprint density at radius 3 is 0.882 bits per heavy atom. The van der Waals surface area contributed by atoms with E-state index < -0.39 is 11.2 Å². The summed E-state index contributed by atoms with van der Waals surface area (Å²) in [4.78, 5) is 10.8. The zero-order chi connectivity index (χ0) is 36.6. The summed E-state index contributed by atoms with van der Waals surface area (Å²) in [6.45, 7) is 13.2. The van der Waals surface area contributed by atoms with Gasteiger partial charge in [-0.1, -0.05) is 90.1 Å². The smallest absolute Gasteiger partial charge is 0.194 e. The van der Waals surface area contributed by atoms with E-state index in [-0.39, 0.29) is 29.3 Å². The highest BCUT2D eigenvalue weighted by atomic mass is 16.5. The van der Waals surface area contributed by atoms with Gasteiger partial charge in [-0.2, -0.15) is 0 Å². The molecule has 0 fully saturated rings. The standard InChI is InChI=1S/C43H50N2O6/c1-40(2,3)38-42(28-11-19-32(46-7)20-12-28,29-13-21-33(47-8)22-14-29)50-36(44-38)27-37-45-39(41(4,5)6)43(51-37,30-15-23-34(48-9)24-16-30)31-17-25-35(49-10)26-18-31/h11-26,38-39H,27H2,1-10H3/t38-,39-/m1/s1. The third kappa shape index (κ3) is 6.52. The van der Waals surface area contributed by atoms with Crippen LogP contribution in [0, 0.1) is 10.8 Å². The Labute approximate surface area is 302 Å². The van der Waals surface area contributed by atoms with Gasteiger partial charge in [0.05, 0.1) is 34.9 Å². The molecule has 8 heteroatoms. The Balaban J connectivity index is 1.46. The first-order valence-electron chi connectivity index (χ1n) is 17.4. The van der Waals surface area contributed by atoms with Gasteiger partial charge >= 0.3 is 0 Å². The minimum absolute atomic E-state index is 0.279. The van der Waals surface area contributed by atoms with Crippen molar-refractivity contribution in [1.29, 1.82) is 0 Å². The number of rotatable bonds is 10. The normalized spacial score (nSPS) is 19.3. The maximum atomic E-state index is 7.20. The molecule has 0 saturated heterocycles. The van der Waals surface area contributed by atoms with Crippen molar-refractivity contribution in [2.24, 2.45) is 20.8 Å². The number of aliphatic imine (C=N–C) groups is 2. The molecule has 51 heavy (non-hydrogen) atoms. The van der Waals surface area contributed by atoms with Crippen LogP contribution < -0.4 is 18.9 Å². The molecule has 268 valence electrons. The van der Waals surface area contributed by atoms with Crippen molar-refractivity contribution in [3.63, 3.8) is 0 Å². The molecule has 2 aliphatic rings. The molecule has 4 aromatic rings. The molecule has 4 aromatic carbocycles. The van der Waals surface area contributed by atoms with Gasteiger partial charge in [0.2, 0.25) is 0 Å². The third-order valence-corrected chi connectivity index (χ3v) is 9.89. The maximum absolute atomic E-state index is 7.20. The van der Waals surface area contributed by atoms with Gasteiger partial charge in [-0.3, -0.25) is 0 Å². The summed E-state index contributed by atoms with van der Waals surface area (Å²) in [5.41, 5.74) is 1.45. The Morgan fingerprint density at radius 1 is 0.451 bits per heavy atom. The quantitative estimate of drug-likeness (QED) is 0.165. The first-order valence-corrected chi connectivity index (χ1v) is 17.4. The lowest BCUT2D eigenvalue weighted by Gasteiger charge is -2.41. The summed E-state index contributed by atoms with van der Waals surface area (Å²) >= 11 is 0. The predicted octanol–water partition coefficient (Wildman–Crippen LogP) is 8.99. The highest BCUT2D eigenvalue weighted by Crippen LogP contribution is 2.52. The zero-order valence-electron chi connectivity index (χ0n) is 31.4. The lowest BCUT2D eigenvalue weighted by atomic mass is 9.70. The second-order valence-corrected chi connectivity index (χ2v) is 15.3. The molecular weight excluding hydrogens is 640 g/mol. The van der Waals surface area contributed by atoms with Crippen LogP contribution in [0.2, 0.25) is 0 Å². The minimum atomic E-state index is -0.933. The van der Waals surface area contributed by atoms with E-state index in [0.29, 0.717) is 11.8 Å². The van der Waals surface area contributed by atoms with Crippen LogP contribution in [0.25, 0.3) is 0 Å². The van der Waals surface area contributed by atoms with Crippen molar-refractivity contribution in [3.05, 3.63) is 119 Å². The van der Waals surface area contributed by atoms with Crippen LogP contribution in [0.3, 0.4) is 0 Å². The van der Waals surface area contributed by atoms with Gasteiger partial charge in [-0.25, -0.2) is 9.98 Å². The molecule has 8 nitrogen and oxygen atoms in total. The van der Waals surface area contributed by atoms with Crippen LogP contribution in [0.15, 0.2) is 107 Å². The van der Waals surface area contributed by atoms with E-state index in [1.807, 2.05) is 48.5 Å². The van der Waals surface area contributed by atoms with Gasteiger partial charge in [0, 0.05) is 22.3 Å². The summed E-state index contributed by atoms with van der Waals surface area (Å²) in [6, 6.07) is 31.7. The van der Waals surface area contributed by atoms with E-state index in [9.17, 15) is 0 Å². The summed E-state index contributed by atoms with van der Waals surface area (Å²) < 4.78 is 36.5. The van der Waals surface area contributed by atoms with Crippen molar-refractivity contribution in [2.75, 3.05) is 28.4 Å². The molecule has 2 heterocycles. The van der Waals surface area contributed by atoms with Gasteiger partial charge in [0.25, 0.3) is 0 Å². The molecule has 6 rings (SSSR count). The Bertz CT molecular complexity index is 1630. The predicted molar refractivity (Wildman–Crippen MR) is 202 cm³/mol. The van der Waals surface area contributed by atoms with Crippen molar-refractivity contribution in [3.8, 4) is 23.0 Å². The van der Waals surface area contributed by atoms with E-state index >= 15 is 0 Å². The molecule has 0 N–H and O–H groups in total. The first-order chi connectivity index (χ1) is 24.3. The highest BCUT2D eigenvalue weighted by molar-refractivity contribution is 5.99. The van der Waals surface area contributed by atoms with Crippen molar-refractivity contribution < 1.29 is 28.4 Å². The fourth-order valence-electron chi connectivity index (χ4n) is 7.46. The summed E-state index contributed by atoms with van der Waals surface area (Å²) in [7, 11) is 6.68. The lowest BCUT2D eigenvalue weighted by molar-refractivity contribution is 0.0483. The van der Waals surface area contributed by atoms with Crippen molar-refractivity contribution >= 4 is 11.8 Å². The number of ether oxygens (including phenoxy) is 6. The highest BCUT2D eigenvalue weighted by Gasteiger charge is 2.57. The van der Waals surface area contributed by atoms with Gasteiger partial charge < -0.3 is 28.4 Å². The Kier molecular flexibility index (Phi) is 9.57. The molecule has 0 saturated carbocycles. The van der Waals surface area contributed by atoms with E-state index in [1.165, 1.54) is 0 Å². The zero-order valence-corrected chi connectivity index (χ0v) is 31.4. The van der Waals surface area contributed by atoms with Crippen LogP contribution in [0.5, 0.6) is 23.0 Å². The molecular formula is C43H50N2O6. The fraction of sp³-hybridized carbons (Fsp3) is 0.395. The molecule has 0 amide bonds. The van der Waals surface area contributed by atoms with Crippen LogP contribution in [0.1, 0.15) is 70.2 Å². The molecule has 2 atom stereocenters. The van der Waals surface area contributed by atoms with Gasteiger partial charge in [-0.05, 0) is 59.4 Å². The topological polar surface area (TPSA) is 80.1 Å². The average molecular weight is 691 g/mol. The molecule has 2 aliphatic heterocycles. The van der Waals surface area contributed by atoms with Crippen molar-refractivity contribution in [2.45, 2.75) is 71.2 Å². The second-order valence-electron chi connectivity index (χ2n) is 15.3. The third-order valence-electron chi connectivity index (χ3n) is 9.89. The van der Waals surface area contributed by atoms with Crippen LogP contribution in [-0.2, 0) is 20.7 Å². The fourth-order valence-corrected chi connectivity index (χ4v) is 7.46. The molecule has 0 radical (unpaired) electrons. The largest absolute Gasteiger partial charge is 0.497 e. The summed E-state index contributed by atoms with van der Waals surface area (Å²) in [5.74, 6) is 4.20. The number of benzene rings is 4. The molecule has 0 spiro atoms. The summed E-state index contributed by atoms with van der Waals surface area (Å²) in [6.07, 6.45) is 0.279. The molecule has 0 unspecified atom stereocenters. The van der Waals surface area contributed by atoms with Crippen molar-refractivity contribution in [1.82, 2.24) is 0 Å². The second kappa shape index (κ2) is 13.6. The minimum Gasteiger partial charge on any atom is -0.497 e. The SMILES string of the molecule is COc1ccc(C2(c3ccc(OC)cc3)OC(CC3=N[C@H](C(C)(C)C)C(c4ccc(OC)cc4)(c4ccc(OC)cc4)O3)=N[C@@H]2C(C)(C)C)cc1. The molecule has 0 aliphatic carbocycles. The van der Waals surface area contributed by atoms with E-state index in [1.54, 1.807) is 28.4 Å². The molecule has 0 aromatic heterocycles. The average Bonchev–Trinajstić information content (AvgIpc) is 3.73. The summed E-state index contributed by atoms with van der Waals surface area (Å²) in [5, 5.41) is 0. The van der Waals surface area contributed by atoms with Crippen LogP contribution in [0.4, 0.5) is 0 Å². The first kappa shape index (κ1) is 35.8. The van der Waals surface area contributed by atoms with E-state index in [2.05, 4.69) is 90.1 Å². The number of hydrogen-bond acceptors (Lipinski definition) is 8. The van der Waals surface area contributed by atoms with E-state index in [4.69, 9.17) is 38.4 Å². The maximum Gasteiger partial charge on any atom is 0.194 e. The number of methoxy groups -OCH3 is 4. The monoisotopic (exact) mass is 690 g/mol. The van der Waals surface area contributed by atoms with Gasteiger partial charge in [0.1, 0.15) is 35.1 Å². The van der Waals surface area contributed by atoms with Crippen LogP contribution >= 0.6 is 0 Å². The van der Waals surface area contributed by atoms with E-state index in [0.717, 1.165) is 45.3 Å². The number of nitrogens with zero attached hydrogens (tertiary/aromatic N) is 2. The number of hydrogen-bond donors (Lipinski definition) is 0. The lowest BCUT2D eigenvalue weighted by Crippen LogP contribution is -2.46. The Hall–Kier alpha value is -4.98. The Morgan fingerprint density at radius 2 is 0.686 bits per heavy atom. The molecule has 0 bridgehead atoms.